The van der Waals surface area contributed by atoms with Crippen LogP contribution < -0.4 is 5.43 Å². The fourth-order valence-corrected chi connectivity index (χ4v) is 2.95. The number of aryl methyl sites for hydroxylation is 1. The zero-order chi connectivity index (χ0) is 16.9. The van der Waals surface area contributed by atoms with Gasteiger partial charge in [0.1, 0.15) is 0 Å². The second-order valence-corrected chi connectivity index (χ2v) is 6.38. The van der Waals surface area contributed by atoms with Crippen LogP contribution >= 0.6 is 11.3 Å². The molecule has 0 unspecified atom stereocenters. The zero-order valence-electron chi connectivity index (χ0n) is 13.6. The minimum atomic E-state index is -0.305. The molecule has 1 aromatic carbocycles. The fourth-order valence-electron chi connectivity index (χ4n) is 2.27. The summed E-state index contributed by atoms with van der Waals surface area (Å²) >= 11 is 1.58. The van der Waals surface area contributed by atoms with Gasteiger partial charge in [-0.15, -0.1) is 11.3 Å². The van der Waals surface area contributed by atoms with Gasteiger partial charge in [-0.1, -0.05) is 36.4 Å². The number of hydrogen-bond donors (Lipinski definition) is 1. The van der Waals surface area contributed by atoms with E-state index in [9.17, 15) is 4.79 Å². The van der Waals surface area contributed by atoms with E-state index in [1.54, 1.807) is 17.4 Å². The Morgan fingerprint density at radius 1 is 1.25 bits per heavy atom. The molecule has 0 atom stereocenters. The number of thiophene rings is 1. The van der Waals surface area contributed by atoms with Crippen molar-refractivity contribution in [3.8, 4) is 0 Å². The maximum Gasteiger partial charge on any atom is 0.291 e. The van der Waals surface area contributed by atoms with Gasteiger partial charge in [0, 0.05) is 10.6 Å². The summed E-state index contributed by atoms with van der Waals surface area (Å²) < 4.78 is 1.82. The number of hydrogen-bond acceptors (Lipinski definition) is 4. The molecule has 0 aliphatic heterocycles. The van der Waals surface area contributed by atoms with E-state index in [-0.39, 0.29) is 5.91 Å². The van der Waals surface area contributed by atoms with E-state index in [0.29, 0.717) is 12.2 Å². The average Bonchev–Trinajstić information content (AvgIpc) is 3.24. The molecule has 0 aliphatic carbocycles. The largest absolute Gasteiger partial charge is 0.291 e. The lowest BCUT2D eigenvalue weighted by Crippen LogP contribution is -2.20. The first kappa shape index (κ1) is 16.1. The Morgan fingerprint density at radius 3 is 2.75 bits per heavy atom. The van der Waals surface area contributed by atoms with Crippen molar-refractivity contribution >= 4 is 23.0 Å². The Hall–Kier alpha value is -2.73. The van der Waals surface area contributed by atoms with Crippen LogP contribution in [0, 0.1) is 6.92 Å². The maximum atomic E-state index is 12.2. The van der Waals surface area contributed by atoms with Crippen LogP contribution in [0.25, 0.3) is 0 Å². The number of nitrogens with zero attached hydrogens (tertiary/aromatic N) is 3. The summed E-state index contributed by atoms with van der Waals surface area (Å²) in [5.41, 5.74) is 5.79. The Morgan fingerprint density at radius 2 is 2.04 bits per heavy atom. The molecular weight excluding hydrogens is 320 g/mol. The summed E-state index contributed by atoms with van der Waals surface area (Å²) in [5, 5.41) is 10.5. The summed E-state index contributed by atoms with van der Waals surface area (Å²) in [7, 11) is 0. The third-order valence-corrected chi connectivity index (χ3v) is 4.57. The molecule has 3 rings (SSSR count). The standard InChI is InChI=1S/C18H18N4OS/c1-13-11-16(21-22(13)12-15-7-4-3-5-8-15)18(23)20-19-14(2)17-9-6-10-24-17/h3-11H,12H2,1-2H3,(H,20,23). The van der Waals surface area contributed by atoms with Gasteiger partial charge in [0.05, 0.1) is 12.3 Å². The minimum Gasteiger partial charge on any atom is -0.265 e. The predicted molar refractivity (Wildman–Crippen MR) is 96.5 cm³/mol. The number of hydrazone groups is 1. The van der Waals surface area contributed by atoms with E-state index < -0.39 is 0 Å². The fraction of sp³-hybridized carbons (Fsp3) is 0.167. The first-order valence-corrected chi connectivity index (χ1v) is 8.48. The Kier molecular flexibility index (Phi) is 4.86. The van der Waals surface area contributed by atoms with Crippen LogP contribution in [0.4, 0.5) is 0 Å². The predicted octanol–water partition coefficient (Wildman–Crippen LogP) is 3.46. The van der Waals surface area contributed by atoms with Gasteiger partial charge in [0.15, 0.2) is 5.69 Å². The lowest BCUT2D eigenvalue weighted by Gasteiger charge is -2.04. The molecule has 1 amide bonds. The number of carbonyl (C=O) groups is 1. The number of benzene rings is 1. The SMILES string of the molecule is CC(=NNC(=O)c1cc(C)n(Cc2ccccc2)n1)c1cccs1. The second kappa shape index (κ2) is 7.23. The van der Waals surface area contributed by atoms with E-state index in [1.807, 2.05) is 66.4 Å². The quantitative estimate of drug-likeness (QED) is 0.572. The molecule has 24 heavy (non-hydrogen) atoms. The molecule has 0 aliphatic rings. The number of carbonyl (C=O) groups excluding carboxylic acids is 1. The summed E-state index contributed by atoms with van der Waals surface area (Å²) in [4.78, 5) is 13.3. The van der Waals surface area contributed by atoms with Crippen molar-refractivity contribution in [2.45, 2.75) is 20.4 Å². The number of aromatic nitrogens is 2. The summed E-state index contributed by atoms with van der Waals surface area (Å²) in [6, 6.07) is 15.7. The highest BCUT2D eigenvalue weighted by molar-refractivity contribution is 7.12. The monoisotopic (exact) mass is 338 g/mol. The maximum absolute atomic E-state index is 12.2. The van der Waals surface area contributed by atoms with Crippen molar-refractivity contribution in [2.75, 3.05) is 0 Å². The van der Waals surface area contributed by atoms with Crippen LogP contribution in [-0.2, 0) is 6.54 Å². The van der Waals surface area contributed by atoms with Gasteiger partial charge in [0.2, 0.25) is 0 Å². The lowest BCUT2D eigenvalue weighted by molar-refractivity contribution is 0.0949. The molecule has 0 radical (unpaired) electrons. The Balaban J connectivity index is 1.70. The van der Waals surface area contributed by atoms with Crippen molar-refractivity contribution in [2.24, 2.45) is 5.10 Å². The highest BCUT2D eigenvalue weighted by Crippen LogP contribution is 2.10. The second-order valence-electron chi connectivity index (χ2n) is 5.43. The average molecular weight is 338 g/mol. The van der Waals surface area contributed by atoms with Gasteiger partial charge in [-0.05, 0) is 36.9 Å². The van der Waals surface area contributed by atoms with Crippen molar-refractivity contribution in [3.05, 3.63) is 75.7 Å². The molecule has 0 saturated carbocycles. The van der Waals surface area contributed by atoms with E-state index in [0.717, 1.165) is 21.8 Å². The topological polar surface area (TPSA) is 59.3 Å². The van der Waals surface area contributed by atoms with Gasteiger partial charge in [-0.25, -0.2) is 5.43 Å². The van der Waals surface area contributed by atoms with Crippen LogP contribution in [-0.4, -0.2) is 21.4 Å². The molecule has 0 spiro atoms. The highest BCUT2D eigenvalue weighted by atomic mass is 32.1. The van der Waals surface area contributed by atoms with Crippen molar-refractivity contribution in [3.63, 3.8) is 0 Å². The van der Waals surface area contributed by atoms with Crippen molar-refractivity contribution < 1.29 is 4.79 Å². The van der Waals surface area contributed by atoms with E-state index >= 15 is 0 Å². The molecule has 6 heteroatoms. The number of rotatable bonds is 5. The molecular formula is C18H18N4OS. The Bertz CT molecular complexity index is 851. The molecule has 0 fully saturated rings. The van der Waals surface area contributed by atoms with Crippen LogP contribution in [0.2, 0.25) is 0 Å². The van der Waals surface area contributed by atoms with Crippen LogP contribution in [0.5, 0.6) is 0 Å². The van der Waals surface area contributed by atoms with Gasteiger partial charge in [-0.2, -0.15) is 10.2 Å². The molecule has 122 valence electrons. The van der Waals surface area contributed by atoms with Crippen molar-refractivity contribution in [1.82, 2.24) is 15.2 Å². The van der Waals surface area contributed by atoms with E-state index in [4.69, 9.17) is 0 Å². The van der Waals surface area contributed by atoms with Gasteiger partial charge in [0.25, 0.3) is 5.91 Å². The third kappa shape index (κ3) is 3.78. The van der Waals surface area contributed by atoms with Gasteiger partial charge in [-0.3, -0.25) is 9.48 Å². The van der Waals surface area contributed by atoms with E-state index in [1.165, 1.54) is 0 Å². The summed E-state index contributed by atoms with van der Waals surface area (Å²) in [5.74, 6) is -0.305. The Labute approximate surface area is 144 Å². The summed E-state index contributed by atoms with van der Waals surface area (Å²) in [6.07, 6.45) is 0. The first-order valence-electron chi connectivity index (χ1n) is 7.60. The number of amides is 1. The van der Waals surface area contributed by atoms with Crippen LogP contribution in [0.15, 0.2) is 59.0 Å². The zero-order valence-corrected chi connectivity index (χ0v) is 14.4. The minimum absolute atomic E-state index is 0.305. The van der Waals surface area contributed by atoms with E-state index in [2.05, 4.69) is 15.6 Å². The smallest absolute Gasteiger partial charge is 0.265 e. The normalized spacial score (nSPS) is 11.5. The molecule has 0 bridgehead atoms. The molecule has 3 aromatic rings. The third-order valence-electron chi connectivity index (χ3n) is 3.59. The van der Waals surface area contributed by atoms with Gasteiger partial charge >= 0.3 is 0 Å². The first-order chi connectivity index (χ1) is 11.6. The molecule has 1 N–H and O–H groups in total. The molecule has 0 saturated heterocycles. The molecule has 5 nitrogen and oxygen atoms in total. The van der Waals surface area contributed by atoms with Crippen LogP contribution in [0.1, 0.15) is 33.5 Å². The highest BCUT2D eigenvalue weighted by Gasteiger charge is 2.12. The van der Waals surface area contributed by atoms with Crippen molar-refractivity contribution in [1.29, 1.82) is 0 Å². The summed E-state index contributed by atoms with van der Waals surface area (Å²) in [6.45, 7) is 4.44. The lowest BCUT2D eigenvalue weighted by atomic mass is 10.2. The van der Waals surface area contributed by atoms with Crippen LogP contribution in [0.3, 0.4) is 0 Å². The van der Waals surface area contributed by atoms with Gasteiger partial charge < -0.3 is 0 Å². The molecule has 2 heterocycles. The number of nitrogens with one attached hydrogen (secondary N) is 1. The molecule has 2 aromatic heterocycles.